The minimum Gasteiger partial charge on any atom is -0.444 e. The monoisotopic (exact) mass is 335 g/mol. The summed E-state index contributed by atoms with van der Waals surface area (Å²) in [5.41, 5.74) is 0.685. The Bertz CT molecular complexity index is 625. The first-order chi connectivity index (χ1) is 11.2. The summed E-state index contributed by atoms with van der Waals surface area (Å²) in [5, 5.41) is 14.4. The van der Waals surface area contributed by atoms with Crippen LogP contribution in [0.2, 0.25) is 0 Å². The predicted octanol–water partition coefficient (Wildman–Crippen LogP) is 4.06. The number of nitro groups is 1. The summed E-state index contributed by atoms with van der Waals surface area (Å²) in [6.07, 6.45) is 1.87. The Morgan fingerprint density at radius 1 is 1.38 bits per heavy atom. The molecule has 0 aliphatic carbocycles. The van der Waals surface area contributed by atoms with Gasteiger partial charge in [-0.25, -0.2) is 4.79 Å². The summed E-state index contributed by atoms with van der Waals surface area (Å²) in [6, 6.07) is 5.04. The van der Waals surface area contributed by atoms with E-state index in [1.165, 1.54) is 6.07 Å². The van der Waals surface area contributed by atoms with Crippen LogP contribution in [0.3, 0.4) is 0 Å². The SMILES string of the molecule is Cc1ccc(NC2CCCCN2C(=O)OC(C)(C)C)c([N+](=O)[O-])c1. The molecule has 1 heterocycles. The number of hydrogen-bond donors (Lipinski definition) is 1. The molecule has 132 valence electrons. The third-order valence-electron chi connectivity index (χ3n) is 3.80. The van der Waals surface area contributed by atoms with E-state index < -0.39 is 16.6 Å². The second kappa shape index (κ2) is 7.07. The zero-order chi connectivity index (χ0) is 17.9. The molecular weight excluding hydrogens is 310 g/mol. The summed E-state index contributed by atoms with van der Waals surface area (Å²) < 4.78 is 5.46. The van der Waals surface area contributed by atoms with Crippen LogP contribution < -0.4 is 5.32 Å². The number of aryl methyl sites for hydroxylation is 1. The second-order valence-electron chi connectivity index (χ2n) is 7.11. The number of carbonyl (C=O) groups excluding carboxylic acids is 1. The second-order valence-corrected chi connectivity index (χ2v) is 7.11. The van der Waals surface area contributed by atoms with E-state index in [1.807, 2.05) is 33.8 Å². The first-order valence-corrected chi connectivity index (χ1v) is 8.18. The first kappa shape index (κ1) is 18.0. The Morgan fingerprint density at radius 2 is 2.08 bits per heavy atom. The van der Waals surface area contributed by atoms with E-state index in [2.05, 4.69) is 5.32 Å². The average molecular weight is 335 g/mol. The largest absolute Gasteiger partial charge is 0.444 e. The molecule has 1 aromatic rings. The van der Waals surface area contributed by atoms with Gasteiger partial charge in [-0.3, -0.25) is 15.0 Å². The van der Waals surface area contributed by atoms with Crippen LogP contribution in [0.1, 0.15) is 45.6 Å². The summed E-state index contributed by atoms with van der Waals surface area (Å²) in [6.45, 7) is 7.85. The van der Waals surface area contributed by atoms with Crippen molar-refractivity contribution in [3.05, 3.63) is 33.9 Å². The van der Waals surface area contributed by atoms with E-state index in [9.17, 15) is 14.9 Å². The molecule has 1 N–H and O–H groups in total. The van der Waals surface area contributed by atoms with E-state index in [0.717, 1.165) is 24.8 Å². The van der Waals surface area contributed by atoms with Crippen molar-refractivity contribution in [2.24, 2.45) is 0 Å². The molecule has 1 saturated heterocycles. The lowest BCUT2D eigenvalue weighted by Crippen LogP contribution is -2.49. The van der Waals surface area contributed by atoms with Gasteiger partial charge < -0.3 is 10.1 Å². The van der Waals surface area contributed by atoms with Crippen molar-refractivity contribution in [3.8, 4) is 0 Å². The number of nitro benzene ring substituents is 1. The third kappa shape index (κ3) is 4.59. The highest BCUT2D eigenvalue weighted by Gasteiger charge is 2.31. The summed E-state index contributed by atoms with van der Waals surface area (Å²) >= 11 is 0. The fraction of sp³-hybridized carbons (Fsp3) is 0.588. The van der Waals surface area contributed by atoms with Crippen LogP contribution >= 0.6 is 0 Å². The number of piperidine rings is 1. The molecule has 0 saturated carbocycles. The van der Waals surface area contributed by atoms with Gasteiger partial charge in [0, 0.05) is 12.6 Å². The van der Waals surface area contributed by atoms with Crippen molar-refractivity contribution in [3.63, 3.8) is 0 Å². The molecular formula is C17H25N3O4. The van der Waals surface area contributed by atoms with E-state index >= 15 is 0 Å². The zero-order valence-corrected chi connectivity index (χ0v) is 14.7. The minimum absolute atomic E-state index is 0.0183. The molecule has 1 aromatic carbocycles. The van der Waals surface area contributed by atoms with Crippen molar-refractivity contribution < 1.29 is 14.5 Å². The van der Waals surface area contributed by atoms with Gasteiger partial charge in [-0.2, -0.15) is 0 Å². The van der Waals surface area contributed by atoms with Gasteiger partial charge in [-0.1, -0.05) is 6.07 Å². The number of amides is 1. The molecule has 7 nitrogen and oxygen atoms in total. The highest BCUT2D eigenvalue weighted by Crippen LogP contribution is 2.29. The van der Waals surface area contributed by atoms with Crippen molar-refractivity contribution >= 4 is 17.5 Å². The van der Waals surface area contributed by atoms with Crippen LogP contribution in [0.5, 0.6) is 0 Å². The lowest BCUT2D eigenvalue weighted by molar-refractivity contribution is -0.384. The fourth-order valence-electron chi connectivity index (χ4n) is 2.71. The lowest BCUT2D eigenvalue weighted by atomic mass is 10.1. The van der Waals surface area contributed by atoms with Crippen molar-refractivity contribution in [1.82, 2.24) is 4.90 Å². The van der Waals surface area contributed by atoms with Crippen molar-refractivity contribution in [1.29, 1.82) is 0 Å². The number of ether oxygens (including phenoxy) is 1. The van der Waals surface area contributed by atoms with Crippen LogP contribution in [-0.2, 0) is 4.74 Å². The molecule has 2 rings (SSSR count). The first-order valence-electron chi connectivity index (χ1n) is 8.18. The third-order valence-corrected chi connectivity index (χ3v) is 3.80. The molecule has 0 radical (unpaired) electrons. The zero-order valence-electron chi connectivity index (χ0n) is 14.7. The Hall–Kier alpha value is -2.31. The number of rotatable bonds is 3. The van der Waals surface area contributed by atoms with Crippen LogP contribution in [0.15, 0.2) is 18.2 Å². The van der Waals surface area contributed by atoms with Gasteiger partial charge in [0.2, 0.25) is 0 Å². The molecule has 24 heavy (non-hydrogen) atoms. The van der Waals surface area contributed by atoms with Gasteiger partial charge >= 0.3 is 6.09 Å². The fourth-order valence-corrected chi connectivity index (χ4v) is 2.71. The molecule has 0 spiro atoms. The standard InChI is InChI=1S/C17H25N3O4/c1-12-8-9-13(14(11-12)20(22)23)18-15-7-5-6-10-19(15)16(21)24-17(2,3)4/h8-9,11,15,18H,5-7,10H2,1-4H3. The van der Waals surface area contributed by atoms with Gasteiger partial charge in [-0.05, 0) is 58.6 Å². The van der Waals surface area contributed by atoms with E-state index in [4.69, 9.17) is 4.74 Å². The normalized spacial score (nSPS) is 18.2. The van der Waals surface area contributed by atoms with Gasteiger partial charge in [0.1, 0.15) is 17.5 Å². The van der Waals surface area contributed by atoms with E-state index in [-0.39, 0.29) is 11.9 Å². The smallest absolute Gasteiger partial charge is 0.411 e. The molecule has 1 fully saturated rings. The molecule has 1 aliphatic rings. The molecule has 0 aromatic heterocycles. The number of hydrogen-bond acceptors (Lipinski definition) is 5. The quantitative estimate of drug-likeness (QED) is 0.665. The van der Waals surface area contributed by atoms with Gasteiger partial charge in [-0.15, -0.1) is 0 Å². The van der Waals surface area contributed by atoms with Gasteiger partial charge in [0.05, 0.1) is 4.92 Å². The number of nitrogens with zero attached hydrogens (tertiary/aromatic N) is 2. The number of nitrogens with one attached hydrogen (secondary N) is 1. The maximum absolute atomic E-state index is 12.4. The highest BCUT2D eigenvalue weighted by atomic mass is 16.6. The topological polar surface area (TPSA) is 84.7 Å². The van der Waals surface area contributed by atoms with Crippen LogP contribution in [-0.4, -0.2) is 34.2 Å². The number of likely N-dealkylation sites (tertiary alicyclic amines) is 1. The lowest BCUT2D eigenvalue weighted by Gasteiger charge is -2.37. The highest BCUT2D eigenvalue weighted by molar-refractivity contribution is 5.70. The van der Waals surface area contributed by atoms with E-state index in [1.54, 1.807) is 11.0 Å². The van der Waals surface area contributed by atoms with Gasteiger partial charge in [0.15, 0.2) is 0 Å². The Balaban J connectivity index is 2.20. The summed E-state index contributed by atoms with van der Waals surface area (Å²) in [4.78, 5) is 24.9. The molecule has 1 amide bonds. The number of carbonyl (C=O) groups is 1. The molecule has 1 unspecified atom stereocenters. The predicted molar refractivity (Wildman–Crippen MR) is 92.0 cm³/mol. The van der Waals surface area contributed by atoms with Crippen LogP contribution in [0.25, 0.3) is 0 Å². The van der Waals surface area contributed by atoms with Gasteiger partial charge in [0.25, 0.3) is 5.69 Å². The van der Waals surface area contributed by atoms with Crippen molar-refractivity contribution in [2.45, 2.75) is 58.7 Å². The average Bonchev–Trinajstić information content (AvgIpc) is 2.47. The molecule has 0 bridgehead atoms. The Morgan fingerprint density at radius 3 is 2.71 bits per heavy atom. The maximum atomic E-state index is 12.4. The Labute approximate surface area is 142 Å². The molecule has 1 atom stereocenters. The van der Waals surface area contributed by atoms with E-state index in [0.29, 0.717) is 12.2 Å². The number of anilines is 1. The Kier molecular flexibility index (Phi) is 5.31. The maximum Gasteiger partial charge on any atom is 0.411 e. The van der Waals surface area contributed by atoms with Crippen LogP contribution in [0.4, 0.5) is 16.2 Å². The number of benzene rings is 1. The molecule has 7 heteroatoms. The summed E-state index contributed by atoms with van der Waals surface area (Å²) in [5.74, 6) is 0. The summed E-state index contributed by atoms with van der Waals surface area (Å²) in [7, 11) is 0. The minimum atomic E-state index is -0.574. The van der Waals surface area contributed by atoms with Crippen molar-refractivity contribution in [2.75, 3.05) is 11.9 Å². The van der Waals surface area contributed by atoms with Crippen LogP contribution in [0, 0.1) is 17.0 Å². The molecule has 1 aliphatic heterocycles.